The summed E-state index contributed by atoms with van der Waals surface area (Å²) in [5, 5.41) is 2.05. The van der Waals surface area contributed by atoms with Crippen molar-refractivity contribution in [1.29, 1.82) is 0 Å². The summed E-state index contributed by atoms with van der Waals surface area (Å²) >= 11 is 1.73. The predicted molar refractivity (Wildman–Crippen MR) is 69.8 cm³/mol. The third-order valence-corrected chi connectivity index (χ3v) is 4.24. The number of nitrogen functional groups attached to an aromatic ring is 1. The second-order valence-corrected chi connectivity index (χ2v) is 5.36. The Labute approximate surface area is 108 Å². The van der Waals surface area contributed by atoms with E-state index in [4.69, 9.17) is 5.73 Å². The van der Waals surface area contributed by atoms with Crippen LogP contribution in [0, 0.1) is 11.6 Å². The van der Waals surface area contributed by atoms with E-state index in [1.807, 2.05) is 10.3 Å². The summed E-state index contributed by atoms with van der Waals surface area (Å²) in [6.07, 6.45) is 0.893. The Morgan fingerprint density at radius 3 is 2.94 bits per heavy atom. The van der Waals surface area contributed by atoms with Crippen molar-refractivity contribution in [2.75, 3.05) is 17.2 Å². The number of hydrogen-bond acceptors (Lipinski definition) is 3. The Balaban J connectivity index is 1.98. The van der Waals surface area contributed by atoms with Gasteiger partial charge in [-0.15, -0.1) is 11.3 Å². The lowest BCUT2D eigenvalue weighted by molar-refractivity contribution is 0.584. The monoisotopic (exact) mass is 266 g/mol. The van der Waals surface area contributed by atoms with Crippen molar-refractivity contribution in [2.45, 2.75) is 13.0 Å². The average molecular weight is 266 g/mol. The topological polar surface area (TPSA) is 29.3 Å². The Bertz CT molecular complexity index is 595. The van der Waals surface area contributed by atoms with Gasteiger partial charge in [-0.05, 0) is 29.5 Å². The molecule has 2 aromatic rings. The number of hydrogen-bond donors (Lipinski definition) is 1. The molecule has 0 fully saturated rings. The summed E-state index contributed by atoms with van der Waals surface area (Å²) in [5.74, 6) is -1.28. The molecule has 94 valence electrons. The van der Waals surface area contributed by atoms with Crippen molar-refractivity contribution in [3.05, 3.63) is 45.7 Å². The lowest BCUT2D eigenvalue weighted by Gasteiger charge is -2.30. The molecule has 0 saturated carbocycles. The second-order valence-electron chi connectivity index (χ2n) is 4.36. The van der Waals surface area contributed by atoms with Crippen LogP contribution in [-0.2, 0) is 13.0 Å². The van der Waals surface area contributed by atoms with Crippen molar-refractivity contribution in [3.8, 4) is 0 Å². The first-order valence-corrected chi connectivity index (χ1v) is 6.58. The minimum Gasteiger partial charge on any atom is -0.395 e. The van der Waals surface area contributed by atoms with E-state index in [9.17, 15) is 8.78 Å². The highest BCUT2D eigenvalue weighted by molar-refractivity contribution is 7.10. The maximum Gasteiger partial charge on any atom is 0.151 e. The van der Waals surface area contributed by atoms with Crippen LogP contribution in [0.3, 0.4) is 0 Å². The Morgan fingerprint density at radius 1 is 1.28 bits per heavy atom. The molecule has 2 N–H and O–H groups in total. The molecule has 1 aromatic heterocycles. The van der Waals surface area contributed by atoms with Gasteiger partial charge in [0.1, 0.15) is 5.82 Å². The zero-order valence-electron chi connectivity index (χ0n) is 9.62. The van der Waals surface area contributed by atoms with Crippen LogP contribution in [0.25, 0.3) is 0 Å². The standard InChI is InChI=1S/C13H12F2N2S/c14-9-5-10(15)13(16)11(6-9)17-3-1-12-8(7-17)2-4-18-12/h2,4-6H,1,3,7,16H2. The zero-order chi connectivity index (χ0) is 12.7. The van der Waals surface area contributed by atoms with Crippen LogP contribution in [0.4, 0.5) is 20.2 Å². The highest BCUT2D eigenvalue weighted by Gasteiger charge is 2.21. The number of nitrogens with zero attached hydrogens (tertiary/aromatic N) is 1. The van der Waals surface area contributed by atoms with E-state index < -0.39 is 11.6 Å². The van der Waals surface area contributed by atoms with Crippen molar-refractivity contribution < 1.29 is 8.78 Å². The zero-order valence-corrected chi connectivity index (χ0v) is 10.4. The van der Waals surface area contributed by atoms with Crippen molar-refractivity contribution in [2.24, 2.45) is 0 Å². The smallest absolute Gasteiger partial charge is 0.151 e. The van der Waals surface area contributed by atoms with Gasteiger partial charge in [0.25, 0.3) is 0 Å². The summed E-state index contributed by atoms with van der Waals surface area (Å²) in [6, 6.07) is 4.17. The minimum atomic E-state index is -0.693. The van der Waals surface area contributed by atoms with Gasteiger partial charge in [-0.1, -0.05) is 0 Å². The van der Waals surface area contributed by atoms with E-state index in [1.54, 1.807) is 11.3 Å². The molecule has 1 aliphatic rings. The molecule has 1 aromatic carbocycles. The summed E-state index contributed by atoms with van der Waals surface area (Å²) in [6.45, 7) is 1.40. The summed E-state index contributed by atoms with van der Waals surface area (Å²) in [7, 11) is 0. The van der Waals surface area contributed by atoms with Crippen molar-refractivity contribution in [3.63, 3.8) is 0 Å². The van der Waals surface area contributed by atoms with Crippen LogP contribution in [-0.4, -0.2) is 6.54 Å². The average Bonchev–Trinajstić information content (AvgIpc) is 2.80. The largest absolute Gasteiger partial charge is 0.395 e. The summed E-state index contributed by atoms with van der Waals surface area (Å²) in [4.78, 5) is 3.28. The number of thiophene rings is 1. The van der Waals surface area contributed by atoms with E-state index in [2.05, 4.69) is 6.07 Å². The van der Waals surface area contributed by atoms with Gasteiger partial charge in [-0.3, -0.25) is 0 Å². The normalized spacial score (nSPS) is 14.7. The minimum absolute atomic E-state index is 0.0232. The Hall–Kier alpha value is -1.62. The van der Waals surface area contributed by atoms with Crippen LogP contribution >= 0.6 is 11.3 Å². The number of halogens is 2. The molecule has 2 heterocycles. The number of rotatable bonds is 1. The van der Waals surface area contributed by atoms with Gasteiger partial charge in [-0.25, -0.2) is 8.78 Å². The molecular formula is C13H12F2N2S. The molecule has 2 nitrogen and oxygen atoms in total. The van der Waals surface area contributed by atoms with Crippen LogP contribution in [0.15, 0.2) is 23.6 Å². The van der Waals surface area contributed by atoms with Gasteiger partial charge in [0, 0.05) is 24.0 Å². The fourth-order valence-corrected chi connectivity index (χ4v) is 3.18. The van der Waals surface area contributed by atoms with Gasteiger partial charge in [0.15, 0.2) is 5.82 Å². The molecule has 18 heavy (non-hydrogen) atoms. The molecule has 0 atom stereocenters. The first kappa shape index (κ1) is 11.5. The number of anilines is 2. The molecule has 0 aliphatic carbocycles. The number of nitrogens with two attached hydrogens (primary N) is 1. The first-order chi connectivity index (χ1) is 8.65. The number of benzene rings is 1. The number of fused-ring (bicyclic) bond motifs is 1. The first-order valence-electron chi connectivity index (χ1n) is 5.70. The molecule has 0 saturated heterocycles. The molecular weight excluding hydrogens is 254 g/mol. The van der Waals surface area contributed by atoms with Crippen LogP contribution in [0.5, 0.6) is 0 Å². The van der Waals surface area contributed by atoms with Gasteiger partial charge in [0.05, 0.1) is 11.4 Å². The fourth-order valence-electron chi connectivity index (χ4n) is 2.29. The van der Waals surface area contributed by atoms with Crippen molar-refractivity contribution >= 4 is 22.7 Å². The van der Waals surface area contributed by atoms with E-state index in [0.29, 0.717) is 12.2 Å². The third-order valence-electron chi connectivity index (χ3n) is 3.22. The van der Waals surface area contributed by atoms with Crippen molar-refractivity contribution in [1.82, 2.24) is 0 Å². The van der Waals surface area contributed by atoms with E-state index in [0.717, 1.165) is 19.0 Å². The lowest BCUT2D eigenvalue weighted by atomic mass is 10.1. The SMILES string of the molecule is Nc1c(F)cc(F)cc1N1CCc2sccc2C1. The Kier molecular flexibility index (Phi) is 2.70. The quantitative estimate of drug-likeness (QED) is 0.803. The highest BCUT2D eigenvalue weighted by Crippen LogP contribution is 2.32. The van der Waals surface area contributed by atoms with E-state index >= 15 is 0 Å². The van der Waals surface area contributed by atoms with Gasteiger partial charge < -0.3 is 10.6 Å². The molecule has 5 heteroatoms. The van der Waals surface area contributed by atoms with Gasteiger partial charge >= 0.3 is 0 Å². The predicted octanol–water partition coefficient (Wildman–Crippen LogP) is 3.17. The van der Waals surface area contributed by atoms with E-state index in [-0.39, 0.29) is 5.69 Å². The molecule has 0 radical (unpaired) electrons. The molecule has 3 rings (SSSR count). The molecule has 0 bridgehead atoms. The lowest BCUT2D eigenvalue weighted by Crippen LogP contribution is -2.30. The molecule has 0 amide bonds. The summed E-state index contributed by atoms with van der Waals surface area (Å²) < 4.78 is 26.7. The van der Waals surface area contributed by atoms with Gasteiger partial charge in [0.2, 0.25) is 0 Å². The van der Waals surface area contributed by atoms with Gasteiger partial charge in [-0.2, -0.15) is 0 Å². The maximum atomic E-state index is 13.4. The molecule has 1 aliphatic heterocycles. The van der Waals surface area contributed by atoms with E-state index in [1.165, 1.54) is 16.5 Å². The maximum absolute atomic E-state index is 13.4. The van der Waals surface area contributed by atoms with Crippen LogP contribution in [0.1, 0.15) is 10.4 Å². The van der Waals surface area contributed by atoms with Crippen LogP contribution in [0.2, 0.25) is 0 Å². The molecule has 0 unspecified atom stereocenters. The second kappa shape index (κ2) is 4.24. The molecule has 0 spiro atoms. The van der Waals surface area contributed by atoms with Crippen LogP contribution < -0.4 is 10.6 Å². The summed E-state index contributed by atoms with van der Waals surface area (Å²) in [5.41, 5.74) is 7.39. The fraction of sp³-hybridized carbons (Fsp3) is 0.231. The Morgan fingerprint density at radius 2 is 2.11 bits per heavy atom. The highest BCUT2D eigenvalue weighted by atomic mass is 32.1. The third kappa shape index (κ3) is 1.84.